The number of nitrogens with one attached hydrogen (secondary N) is 1. The first-order valence-corrected chi connectivity index (χ1v) is 19.3. The van der Waals surface area contributed by atoms with E-state index in [4.69, 9.17) is 32.7 Å². The summed E-state index contributed by atoms with van der Waals surface area (Å²) in [6.45, 7) is 12.6. The molecule has 1 atom stereocenters. The minimum absolute atomic E-state index is 0.232. The van der Waals surface area contributed by atoms with E-state index in [9.17, 15) is 12.6 Å². The van der Waals surface area contributed by atoms with E-state index in [1.165, 1.54) is 6.26 Å². The maximum atomic E-state index is 12.6. The van der Waals surface area contributed by atoms with Crippen molar-refractivity contribution in [2.75, 3.05) is 26.1 Å². The van der Waals surface area contributed by atoms with Gasteiger partial charge in [0, 0.05) is 53.2 Å². The van der Waals surface area contributed by atoms with Crippen LogP contribution in [-0.2, 0) is 33.6 Å². The molecule has 1 unspecified atom stereocenters. The Kier molecular flexibility index (Phi) is 11.9. The molecule has 1 N–H and O–H groups in total. The van der Waals surface area contributed by atoms with Gasteiger partial charge in [0.25, 0.3) is 0 Å². The smallest absolute Gasteiger partial charge is 0.175 e. The third-order valence-corrected chi connectivity index (χ3v) is 11.5. The fourth-order valence-corrected chi connectivity index (χ4v) is 7.51. The average Bonchev–Trinajstić information content (AvgIpc) is 2.99. The SMILES string of the molecule is Cc1cc(CN(C)NCCc2cc(C)c(S(C)(=O)=O)cc2Oc2ccc(Cl)c(C)c2C)c(Oc2ccc(Cl)c(C)c2C)cc1S(C)=O. The Bertz CT molecular complexity index is 1960. The summed E-state index contributed by atoms with van der Waals surface area (Å²) in [5.41, 5.74) is 10.5. The summed E-state index contributed by atoms with van der Waals surface area (Å²) in [6.07, 6.45) is 3.43. The zero-order chi connectivity index (χ0) is 34.8. The van der Waals surface area contributed by atoms with Gasteiger partial charge in [-0.3, -0.25) is 9.63 Å². The van der Waals surface area contributed by atoms with Gasteiger partial charge in [0.15, 0.2) is 9.84 Å². The number of ether oxygens (including phenoxy) is 2. The quantitative estimate of drug-likeness (QED) is 0.147. The van der Waals surface area contributed by atoms with Gasteiger partial charge in [-0.05, 0) is 129 Å². The Morgan fingerprint density at radius 1 is 0.745 bits per heavy atom. The topological polar surface area (TPSA) is 84.9 Å². The van der Waals surface area contributed by atoms with Crippen molar-refractivity contribution in [2.45, 2.75) is 64.3 Å². The lowest BCUT2D eigenvalue weighted by Gasteiger charge is -2.22. The molecule has 0 bridgehead atoms. The molecule has 4 aromatic rings. The van der Waals surface area contributed by atoms with Crippen LogP contribution in [0.1, 0.15) is 44.5 Å². The van der Waals surface area contributed by atoms with E-state index in [1.807, 2.05) is 77.0 Å². The van der Waals surface area contributed by atoms with E-state index >= 15 is 0 Å². The molecule has 4 aromatic carbocycles. The lowest BCUT2D eigenvalue weighted by Crippen LogP contribution is -2.35. The zero-order valence-corrected chi connectivity index (χ0v) is 31.4. The highest BCUT2D eigenvalue weighted by Crippen LogP contribution is 2.36. The summed E-state index contributed by atoms with van der Waals surface area (Å²) < 4.78 is 50.4. The number of hydrogen-bond acceptors (Lipinski definition) is 7. The van der Waals surface area contributed by atoms with E-state index in [2.05, 4.69) is 5.43 Å². The van der Waals surface area contributed by atoms with E-state index in [-0.39, 0.29) is 4.90 Å². The molecule has 0 heterocycles. The second kappa shape index (κ2) is 15.1. The van der Waals surface area contributed by atoms with Gasteiger partial charge in [-0.25, -0.2) is 13.4 Å². The molecule has 11 heteroatoms. The normalized spacial score (nSPS) is 12.4. The molecule has 47 heavy (non-hydrogen) atoms. The standard InChI is InChI=1S/C36H42Cl2N2O5S2/c1-21-16-28(33(18-35(21)46(8)41)44-31-12-10-29(37)23(3)25(31)5)20-40(7)39-15-14-27-17-22(2)36(47(9,42)43)19-34(27)45-32-13-11-30(38)24(4)26(32)6/h10-13,16-19,39H,14-15,20H2,1-9H3. The van der Waals surface area contributed by atoms with Gasteiger partial charge in [0.2, 0.25) is 0 Å². The fourth-order valence-electron chi connectivity index (χ4n) is 5.35. The van der Waals surface area contributed by atoms with Crippen LogP contribution in [0, 0.1) is 41.5 Å². The summed E-state index contributed by atoms with van der Waals surface area (Å²) in [6, 6.07) is 14.6. The molecule has 0 aliphatic carbocycles. The molecule has 0 fully saturated rings. The van der Waals surface area contributed by atoms with E-state index < -0.39 is 20.6 Å². The van der Waals surface area contributed by atoms with Crippen molar-refractivity contribution >= 4 is 43.8 Å². The van der Waals surface area contributed by atoms with Gasteiger partial charge in [-0.15, -0.1) is 0 Å². The van der Waals surface area contributed by atoms with Gasteiger partial charge in [-0.2, -0.15) is 0 Å². The minimum atomic E-state index is -3.47. The highest BCUT2D eigenvalue weighted by Gasteiger charge is 2.19. The molecule has 7 nitrogen and oxygen atoms in total. The van der Waals surface area contributed by atoms with Gasteiger partial charge < -0.3 is 9.47 Å². The largest absolute Gasteiger partial charge is 0.457 e. The van der Waals surface area contributed by atoms with Crippen molar-refractivity contribution in [3.63, 3.8) is 0 Å². The second-order valence-corrected chi connectivity index (χ2v) is 16.1. The summed E-state index contributed by atoms with van der Waals surface area (Å²) in [5.74, 6) is 2.41. The Labute approximate surface area is 291 Å². The first-order valence-electron chi connectivity index (χ1n) is 15.1. The highest BCUT2D eigenvalue weighted by atomic mass is 35.5. The molecular formula is C36H42Cl2N2O5S2. The fraction of sp³-hybridized carbons (Fsp3) is 0.333. The monoisotopic (exact) mass is 716 g/mol. The maximum absolute atomic E-state index is 12.6. The van der Waals surface area contributed by atoms with E-state index in [0.29, 0.717) is 63.0 Å². The number of hydrazine groups is 1. The van der Waals surface area contributed by atoms with Crippen LogP contribution < -0.4 is 14.9 Å². The molecule has 252 valence electrons. The van der Waals surface area contributed by atoms with Gasteiger partial charge >= 0.3 is 0 Å². The van der Waals surface area contributed by atoms with Crippen LogP contribution in [0.15, 0.2) is 58.3 Å². The van der Waals surface area contributed by atoms with Crippen molar-refractivity contribution in [3.8, 4) is 23.0 Å². The van der Waals surface area contributed by atoms with Crippen LogP contribution in [0.2, 0.25) is 10.0 Å². The van der Waals surface area contributed by atoms with Gasteiger partial charge in [-0.1, -0.05) is 29.3 Å². The summed E-state index contributed by atoms with van der Waals surface area (Å²) in [5, 5.41) is 3.28. The molecule has 4 rings (SSSR count). The average molecular weight is 718 g/mol. The van der Waals surface area contributed by atoms with E-state index in [0.717, 1.165) is 38.9 Å². The molecule has 0 aliphatic rings. The molecule has 0 radical (unpaired) electrons. The molecule has 0 saturated heterocycles. The van der Waals surface area contributed by atoms with Crippen molar-refractivity contribution < 1.29 is 22.1 Å². The van der Waals surface area contributed by atoms with Crippen molar-refractivity contribution in [3.05, 3.63) is 103 Å². The summed E-state index contributed by atoms with van der Waals surface area (Å²) >= 11 is 12.6. The first-order chi connectivity index (χ1) is 22.0. The van der Waals surface area contributed by atoms with E-state index in [1.54, 1.807) is 31.4 Å². The number of sulfone groups is 1. The van der Waals surface area contributed by atoms with Crippen LogP contribution in [-0.4, -0.2) is 43.7 Å². The number of halogens is 2. The maximum Gasteiger partial charge on any atom is 0.175 e. The van der Waals surface area contributed by atoms with Gasteiger partial charge in [0.05, 0.1) is 15.7 Å². The lowest BCUT2D eigenvalue weighted by atomic mass is 10.1. The first kappa shape index (κ1) is 36.9. The Morgan fingerprint density at radius 3 is 1.77 bits per heavy atom. The van der Waals surface area contributed by atoms with Crippen LogP contribution in [0.4, 0.5) is 0 Å². The molecule has 0 aromatic heterocycles. The van der Waals surface area contributed by atoms with Crippen LogP contribution >= 0.6 is 23.2 Å². The second-order valence-electron chi connectivity index (χ2n) is 12.0. The third kappa shape index (κ3) is 8.76. The lowest BCUT2D eigenvalue weighted by molar-refractivity contribution is 0.225. The van der Waals surface area contributed by atoms with Crippen molar-refractivity contribution in [2.24, 2.45) is 0 Å². The summed E-state index contributed by atoms with van der Waals surface area (Å²) in [7, 11) is -2.71. The number of rotatable bonds is 12. The minimum Gasteiger partial charge on any atom is -0.457 e. The predicted octanol–water partition coefficient (Wildman–Crippen LogP) is 8.75. The Morgan fingerprint density at radius 2 is 1.26 bits per heavy atom. The van der Waals surface area contributed by atoms with Crippen molar-refractivity contribution in [1.29, 1.82) is 0 Å². The molecule has 0 spiro atoms. The highest BCUT2D eigenvalue weighted by molar-refractivity contribution is 7.90. The van der Waals surface area contributed by atoms with Crippen LogP contribution in [0.3, 0.4) is 0 Å². The number of hydrogen-bond donors (Lipinski definition) is 1. The molecule has 0 amide bonds. The Balaban J connectivity index is 1.57. The molecule has 0 saturated carbocycles. The third-order valence-electron chi connectivity index (χ3n) is 8.39. The number of aryl methyl sites for hydroxylation is 2. The zero-order valence-electron chi connectivity index (χ0n) is 28.3. The summed E-state index contributed by atoms with van der Waals surface area (Å²) in [4.78, 5) is 0.949. The molecule has 0 aliphatic heterocycles. The van der Waals surface area contributed by atoms with Crippen molar-refractivity contribution in [1.82, 2.24) is 10.4 Å². The van der Waals surface area contributed by atoms with Crippen LogP contribution in [0.25, 0.3) is 0 Å². The predicted molar refractivity (Wildman–Crippen MR) is 193 cm³/mol. The Hall–Kier alpha value is -2.92. The van der Waals surface area contributed by atoms with Crippen LogP contribution in [0.5, 0.6) is 23.0 Å². The van der Waals surface area contributed by atoms with Gasteiger partial charge in [0.1, 0.15) is 23.0 Å². The number of benzene rings is 4. The number of nitrogens with zero attached hydrogens (tertiary/aromatic N) is 1. The molecular weight excluding hydrogens is 675 g/mol.